The van der Waals surface area contributed by atoms with Crippen molar-refractivity contribution in [3.8, 4) is 11.4 Å². The Labute approximate surface area is 124 Å². The third-order valence-electron chi connectivity index (χ3n) is 3.16. The Morgan fingerprint density at radius 3 is 2.52 bits per heavy atom. The minimum atomic E-state index is -0.247. The fraction of sp³-hybridized carbons (Fsp3) is 0.333. The van der Waals surface area contributed by atoms with Crippen LogP contribution in [-0.2, 0) is 0 Å². The molecule has 0 aliphatic heterocycles. The molecule has 6 heteroatoms. The SMILES string of the molecule is CCC(CC)NC(=O)Nc1ccnc(-c2ccncc2)n1. The van der Waals surface area contributed by atoms with Gasteiger partial charge in [0.15, 0.2) is 5.82 Å². The summed E-state index contributed by atoms with van der Waals surface area (Å²) in [5.41, 5.74) is 0.856. The molecule has 0 unspecified atom stereocenters. The van der Waals surface area contributed by atoms with Crippen molar-refractivity contribution in [2.75, 3.05) is 5.32 Å². The zero-order valence-electron chi connectivity index (χ0n) is 12.2. The highest BCUT2D eigenvalue weighted by atomic mass is 16.2. The molecule has 0 aliphatic rings. The molecule has 0 fully saturated rings. The van der Waals surface area contributed by atoms with Crippen LogP contribution in [0.3, 0.4) is 0 Å². The van der Waals surface area contributed by atoms with Gasteiger partial charge in [-0.05, 0) is 31.0 Å². The molecule has 2 aromatic rings. The number of carbonyl (C=O) groups excluding carboxylic acids is 1. The van der Waals surface area contributed by atoms with Gasteiger partial charge in [0.1, 0.15) is 5.82 Å². The summed E-state index contributed by atoms with van der Waals surface area (Å²) in [4.78, 5) is 24.4. The average molecular weight is 285 g/mol. The fourth-order valence-electron chi connectivity index (χ4n) is 1.90. The molecule has 2 rings (SSSR count). The molecule has 2 amide bonds. The van der Waals surface area contributed by atoms with Gasteiger partial charge in [-0.3, -0.25) is 10.3 Å². The Balaban J connectivity index is 2.06. The third kappa shape index (κ3) is 4.24. The second-order valence-corrected chi connectivity index (χ2v) is 4.61. The van der Waals surface area contributed by atoms with E-state index in [-0.39, 0.29) is 12.1 Å². The number of amides is 2. The van der Waals surface area contributed by atoms with E-state index in [2.05, 4.69) is 25.6 Å². The Kier molecular flexibility index (Phi) is 5.20. The second kappa shape index (κ2) is 7.33. The van der Waals surface area contributed by atoms with Crippen molar-refractivity contribution in [3.05, 3.63) is 36.8 Å². The summed E-state index contributed by atoms with van der Waals surface area (Å²) in [6, 6.07) is 5.23. The smallest absolute Gasteiger partial charge is 0.320 e. The molecule has 6 nitrogen and oxygen atoms in total. The van der Waals surface area contributed by atoms with Crippen LogP contribution in [0.25, 0.3) is 11.4 Å². The first kappa shape index (κ1) is 14.9. The Hall–Kier alpha value is -2.50. The number of urea groups is 1. The molecular formula is C15H19N5O. The van der Waals surface area contributed by atoms with E-state index in [9.17, 15) is 4.79 Å². The Morgan fingerprint density at radius 1 is 1.14 bits per heavy atom. The summed E-state index contributed by atoms with van der Waals surface area (Å²) >= 11 is 0. The molecule has 0 spiro atoms. The second-order valence-electron chi connectivity index (χ2n) is 4.61. The van der Waals surface area contributed by atoms with Crippen molar-refractivity contribution in [3.63, 3.8) is 0 Å². The van der Waals surface area contributed by atoms with Gasteiger partial charge in [-0.1, -0.05) is 13.8 Å². The van der Waals surface area contributed by atoms with Crippen molar-refractivity contribution in [1.82, 2.24) is 20.3 Å². The van der Waals surface area contributed by atoms with Gasteiger partial charge in [0.25, 0.3) is 0 Å². The van der Waals surface area contributed by atoms with Gasteiger partial charge in [0.05, 0.1) is 0 Å². The zero-order valence-corrected chi connectivity index (χ0v) is 12.2. The standard InChI is InChI=1S/C15H19N5O/c1-3-12(4-2)18-15(21)20-13-7-10-17-14(19-13)11-5-8-16-9-6-11/h5-10,12H,3-4H2,1-2H3,(H2,17,18,19,20,21). The highest BCUT2D eigenvalue weighted by molar-refractivity contribution is 5.88. The van der Waals surface area contributed by atoms with E-state index in [0.717, 1.165) is 18.4 Å². The van der Waals surface area contributed by atoms with E-state index in [1.165, 1.54) is 0 Å². The van der Waals surface area contributed by atoms with E-state index in [4.69, 9.17) is 0 Å². The lowest BCUT2D eigenvalue weighted by Crippen LogP contribution is -2.37. The predicted octanol–water partition coefficient (Wildman–Crippen LogP) is 2.85. The van der Waals surface area contributed by atoms with Crippen LogP contribution in [0, 0.1) is 0 Å². The minimum absolute atomic E-state index is 0.173. The van der Waals surface area contributed by atoms with Crippen LogP contribution in [0.2, 0.25) is 0 Å². The van der Waals surface area contributed by atoms with E-state index in [0.29, 0.717) is 11.6 Å². The summed E-state index contributed by atoms with van der Waals surface area (Å²) in [6.07, 6.45) is 6.78. The maximum Gasteiger partial charge on any atom is 0.320 e. The van der Waals surface area contributed by atoms with Crippen molar-refractivity contribution in [1.29, 1.82) is 0 Å². The van der Waals surface area contributed by atoms with Gasteiger partial charge in [-0.2, -0.15) is 0 Å². The molecule has 21 heavy (non-hydrogen) atoms. The maximum atomic E-state index is 11.9. The van der Waals surface area contributed by atoms with Crippen LogP contribution in [0.4, 0.5) is 10.6 Å². The van der Waals surface area contributed by atoms with Gasteiger partial charge in [0.2, 0.25) is 0 Å². The molecule has 0 saturated heterocycles. The number of aromatic nitrogens is 3. The Morgan fingerprint density at radius 2 is 1.86 bits per heavy atom. The number of rotatable bonds is 5. The quantitative estimate of drug-likeness (QED) is 0.885. The number of carbonyl (C=O) groups is 1. The number of anilines is 1. The van der Waals surface area contributed by atoms with Gasteiger partial charge >= 0.3 is 6.03 Å². The number of hydrogen-bond acceptors (Lipinski definition) is 4. The van der Waals surface area contributed by atoms with Crippen LogP contribution >= 0.6 is 0 Å². The van der Waals surface area contributed by atoms with Crippen LogP contribution in [0.15, 0.2) is 36.8 Å². The van der Waals surface area contributed by atoms with Gasteiger partial charge in [-0.15, -0.1) is 0 Å². The monoisotopic (exact) mass is 285 g/mol. The summed E-state index contributed by atoms with van der Waals surface area (Å²) in [7, 11) is 0. The summed E-state index contributed by atoms with van der Waals surface area (Å²) in [6.45, 7) is 4.08. The van der Waals surface area contributed by atoms with Crippen LogP contribution < -0.4 is 10.6 Å². The lowest BCUT2D eigenvalue weighted by Gasteiger charge is -2.15. The first-order valence-electron chi connectivity index (χ1n) is 7.03. The van der Waals surface area contributed by atoms with E-state index in [1.807, 2.05) is 26.0 Å². The van der Waals surface area contributed by atoms with Crippen LogP contribution in [0.5, 0.6) is 0 Å². The number of pyridine rings is 1. The molecule has 2 heterocycles. The fourth-order valence-corrected chi connectivity index (χ4v) is 1.90. The summed E-state index contributed by atoms with van der Waals surface area (Å²) < 4.78 is 0. The van der Waals surface area contributed by atoms with Gasteiger partial charge in [0, 0.05) is 30.2 Å². The summed E-state index contributed by atoms with van der Waals surface area (Å²) in [5, 5.41) is 5.64. The normalized spacial score (nSPS) is 10.4. The third-order valence-corrected chi connectivity index (χ3v) is 3.16. The average Bonchev–Trinajstić information content (AvgIpc) is 2.53. The molecule has 0 aromatic carbocycles. The summed E-state index contributed by atoms with van der Waals surface area (Å²) in [5.74, 6) is 1.03. The van der Waals surface area contributed by atoms with Crippen molar-refractivity contribution in [2.24, 2.45) is 0 Å². The van der Waals surface area contributed by atoms with Crippen molar-refractivity contribution < 1.29 is 4.79 Å². The lowest BCUT2D eigenvalue weighted by molar-refractivity contribution is 0.247. The minimum Gasteiger partial charge on any atom is -0.335 e. The molecule has 2 aromatic heterocycles. The highest BCUT2D eigenvalue weighted by Crippen LogP contribution is 2.14. The predicted molar refractivity (Wildman–Crippen MR) is 81.8 cm³/mol. The molecule has 110 valence electrons. The van der Waals surface area contributed by atoms with Gasteiger partial charge in [-0.25, -0.2) is 14.8 Å². The molecule has 0 radical (unpaired) electrons. The molecular weight excluding hydrogens is 266 g/mol. The first-order valence-corrected chi connectivity index (χ1v) is 7.03. The van der Waals surface area contributed by atoms with E-state index in [1.54, 1.807) is 24.7 Å². The number of nitrogens with one attached hydrogen (secondary N) is 2. The van der Waals surface area contributed by atoms with Crippen LogP contribution in [0.1, 0.15) is 26.7 Å². The van der Waals surface area contributed by atoms with Crippen molar-refractivity contribution >= 4 is 11.8 Å². The molecule has 0 bridgehead atoms. The van der Waals surface area contributed by atoms with E-state index >= 15 is 0 Å². The topological polar surface area (TPSA) is 79.8 Å². The van der Waals surface area contributed by atoms with Crippen molar-refractivity contribution in [2.45, 2.75) is 32.7 Å². The molecule has 0 saturated carbocycles. The lowest BCUT2D eigenvalue weighted by atomic mass is 10.2. The molecule has 0 aliphatic carbocycles. The first-order chi connectivity index (χ1) is 10.2. The highest BCUT2D eigenvalue weighted by Gasteiger charge is 2.09. The molecule has 2 N–H and O–H groups in total. The zero-order chi connectivity index (χ0) is 15.1. The van der Waals surface area contributed by atoms with Gasteiger partial charge < -0.3 is 5.32 Å². The largest absolute Gasteiger partial charge is 0.335 e. The Bertz CT molecular complexity index is 584. The number of nitrogens with zero attached hydrogens (tertiary/aromatic N) is 3. The van der Waals surface area contributed by atoms with E-state index < -0.39 is 0 Å². The molecule has 0 atom stereocenters. The maximum absolute atomic E-state index is 11.9. The number of hydrogen-bond donors (Lipinski definition) is 2. The van der Waals surface area contributed by atoms with Crippen LogP contribution in [-0.4, -0.2) is 27.0 Å².